The summed E-state index contributed by atoms with van der Waals surface area (Å²) < 4.78 is 78.2. The van der Waals surface area contributed by atoms with Gasteiger partial charge in [0.15, 0.2) is 0 Å². The van der Waals surface area contributed by atoms with E-state index in [9.17, 15) is 36.0 Å². The first kappa shape index (κ1) is 28.9. The number of guanidine groups is 1. The van der Waals surface area contributed by atoms with Gasteiger partial charge in [-0.25, -0.2) is 14.6 Å². The average molecular weight is 546 g/mol. The number of benzene rings is 2. The highest BCUT2D eigenvalue weighted by Gasteiger charge is 2.32. The normalized spacial score (nSPS) is 11.1. The van der Waals surface area contributed by atoms with E-state index in [-0.39, 0.29) is 17.8 Å². The maximum atomic E-state index is 13.0. The van der Waals surface area contributed by atoms with Crippen LogP contribution in [0.4, 0.5) is 34.1 Å². The van der Waals surface area contributed by atoms with Gasteiger partial charge >= 0.3 is 28.5 Å². The highest BCUT2D eigenvalue weighted by atomic mass is 32.2. The lowest BCUT2D eigenvalue weighted by Gasteiger charge is -2.14. The molecule has 0 fully saturated rings. The highest BCUT2D eigenvalue weighted by molar-refractivity contribution is 7.87. The quantitative estimate of drug-likeness (QED) is 0.282. The first-order chi connectivity index (χ1) is 17.3. The molecule has 0 unspecified atom stereocenters. The topological polar surface area (TPSA) is 161 Å². The second kappa shape index (κ2) is 12.1. The Bertz CT molecular complexity index is 1290. The molecule has 0 aromatic heterocycles. The van der Waals surface area contributed by atoms with Crippen LogP contribution >= 0.6 is 0 Å². The number of anilines is 1. The van der Waals surface area contributed by atoms with Gasteiger partial charge in [-0.1, -0.05) is 13.0 Å². The number of alkyl halides is 3. The van der Waals surface area contributed by atoms with Crippen molar-refractivity contribution in [2.75, 3.05) is 19.5 Å². The number of amides is 3. The minimum absolute atomic E-state index is 0.00602. The van der Waals surface area contributed by atoms with Crippen molar-refractivity contribution in [3.8, 4) is 5.75 Å². The van der Waals surface area contributed by atoms with E-state index in [1.165, 1.54) is 6.07 Å². The summed E-state index contributed by atoms with van der Waals surface area (Å²) in [4.78, 5) is 38.4. The van der Waals surface area contributed by atoms with Crippen molar-refractivity contribution >= 4 is 45.5 Å². The molecule has 2 aromatic rings. The Balaban J connectivity index is 2.54. The summed E-state index contributed by atoms with van der Waals surface area (Å²) in [5, 5.41) is 6.66. The summed E-state index contributed by atoms with van der Waals surface area (Å²) in [5.41, 5.74) is -1.42. The lowest BCUT2D eigenvalue weighted by molar-refractivity contribution is -0.137. The first-order valence-corrected chi connectivity index (χ1v) is 11.5. The average Bonchev–Trinajstić information content (AvgIpc) is 2.84. The molecule has 0 radical (unpaired) electrons. The molecule has 3 N–H and O–H groups in total. The van der Waals surface area contributed by atoms with Crippen molar-refractivity contribution < 1.29 is 49.6 Å². The maximum absolute atomic E-state index is 13.0. The van der Waals surface area contributed by atoms with Gasteiger partial charge in [-0.2, -0.15) is 21.6 Å². The summed E-state index contributed by atoms with van der Waals surface area (Å²) in [6.45, 7) is 1.56. The van der Waals surface area contributed by atoms with Crippen molar-refractivity contribution in [1.82, 2.24) is 10.6 Å². The van der Waals surface area contributed by atoms with Gasteiger partial charge in [0.05, 0.1) is 31.2 Å². The zero-order chi connectivity index (χ0) is 27.8. The molecule has 0 aliphatic heterocycles. The number of methoxy groups -OCH3 is 2. The first-order valence-electron chi connectivity index (χ1n) is 10.1. The summed E-state index contributed by atoms with van der Waals surface area (Å²) in [6, 6.07) is 6.21. The predicted molar refractivity (Wildman–Crippen MR) is 123 cm³/mol. The van der Waals surface area contributed by atoms with Gasteiger partial charge in [0.1, 0.15) is 10.6 Å². The van der Waals surface area contributed by atoms with E-state index in [1.54, 1.807) is 6.92 Å². The third kappa shape index (κ3) is 8.38. The maximum Gasteiger partial charge on any atom is 0.416 e. The fraction of sp³-hybridized carbons (Fsp3) is 0.238. The molecule has 0 aliphatic carbocycles. The van der Waals surface area contributed by atoms with Gasteiger partial charge in [0.2, 0.25) is 11.9 Å². The zero-order valence-corrected chi connectivity index (χ0v) is 20.3. The van der Waals surface area contributed by atoms with E-state index in [4.69, 9.17) is 4.18 Å². The van der Waals surface area contributed by atoms with Crippen LogP contribution in [0.1, 0.15) is 18.9 Å². The molecule has 0 bridgehead atoms. The van der Waals surface area contributed by atoms with Crippen LogP contribution in [-0.4, -0.2) is 46.7 Å². The standard InChI is InChI=1S/C21H21F3N4O8S/c1-4-17(29)25-15-9-8-13(11-16(15)26-18(27-19(30)34-2)28-20(31)35-3)36-37(32,33)14-7-5-6-12(10-14)21(22,23)24/h5-11H,4H2,1-3H3,(H,25,29)(H2,26,27,28,30,31). The molecule has 2 rings (SSSR count). The SMILES string of the molecule is CCC(=O)Nc1ccc(OS(=O)(=O)c2cccc(C(F)(F)F)c2)cc1N=C(NC(=O)OC)NC(=O)OC. The Kier molecular flexibility index (Phi) is 9.42. The van der Waals surface area contributed by atoms with Crippen molar-refractivity contribution in [2.45, 2.75) is 24.4 Å². The third-order valence-electron chi connectivity index (χ3n) is 4.26. The molecule has 2 aromatic carbocycles. The van der Waals surface area contributed by atoms with Crippen molar-refractivity contribution in [3.05, 3.63) is 48.0 Å². The van der Waals surface area contributed by atoms with E-state index in [2.05, 4.69) is 30.4 Å². The van der Waals surface area contributed by atoms with E-state index < -0.39 is 56.6 Å². The number of hydrogen-bond acceptors (Lipinski definition) is 9. The molecule has 0 saturated carbocycles. The lowest BCUT2D eigenvalue weighted by atomic mass is 10.2. The summed E-state index contributed by atoms with van der Waals surface area (Å²) in [6.07, 6.45) is -6.83. The molecule has 16 heteroatoms. The van der Waals surface area contributed by atoms with Crippen molar-refractivity contribution in [3.63, 3.8) is 0 Å². The van der Waals surface area contributed by atoms with Crippen LogP contribution in [0, 0.1) is 0 Å². The van der Waals surface area contributed by atoms with Crippen LogP contribution in [0.5, 0.6) is 5.75 Å². The van der Waals surface area contributed by atoms with Crippen LogP contribution < -0.4 is 20.1 Å². The Morgan fingerprint density at radius 2 is 1.59 bits per heavy atom. The highest BCUT2D eigenvalue weighted by Crippen LogP contribution is 2.33. The van der Waals surface area contributed by atoms with Crippen molar-refractivity contribution in [1.29, 1.82) is 0 Å². The van der Waals surface area contributed by atoms with Gasteiger partial charge in [0, 0.05) is 12.5 Å². The number of nitrogens with one attached hydrogen (secondary N) is 3. The Morgan fingerprint density at radius 1 is 0.973 bits per heavy atom. The number of ether oxygens (including phenoxy) is 2. The fourth-order valence-electron chi connectivity index (χ4n) is 2.51. The van der Waals surface area contributed by atoms with Gasteiger partial charge < -0.3 is 19.0 Å². The smallest absolute Gasteiger partial charge is 0.416 e. The van der Waals surface area contributed by atoms with Crippen LogP contribution in [0.3, 0.4) is 0 Å². The van der Waals surface area contributed by atoms with Crippen LogP contribution in [0.2, 0.25) is 0 Å². The predicted octanol–water partition coefficient (Wildman–Crippen LogP) is 3.52. The minimum atomic E-state index is -4.79. The summed E-state index contributed by atoms with van der Waals surface area (Å²) in [7, 11) is -2.68. The molecule has 12 nitrogen and oxygen atoms in total. The van der Waals surface area contributed by atoms with Gasteiger partial charge in [-0.05, 0) is 30.3 Å². The monoisotopic (exact) mass is 546 g/mol. The number of halogens is 3. The number of carbonyl (C=O) groups is 3. The number of alkyl carbamates (subject to hydrolysis) is 2. The molecule has 0 aliphatic rings. The van der Waals surface area contributed by atoms with E-state index in [1.807, 2.05) is 0 Å². The molecule has 200 valence electrons. The number of nitrogens with zero attached hydrogens (tertiary/aromatic N) is 1. The van der Waals surface area contributed by atoms with Gasteiger partial charge in [-0.15, -0.1) is 0 Å². The van der Waals surface area contributed by atoms with Crippen LogP contribution in [0.15, 0.2) is 52.4 Å². The van der Waals surface area contributed by atoms with Crippen molar-refractivity contribution in [2.24, 2.45) is 4.99 Å². The van der Waals surface area contributed by atoms with Gasteiger partial charge in [0.25, 0.3) is 0 Å². The molecule has 0 heterocycles. The Labute approximate surface area is 208 Å². The number of aliphatic imine (C=N–C) groups is 1. The molecule has 0 atom stereocenters. The molecular weight excluding hydrogens is 525 g/mol. The van der Waals surface area contributed by atoms with E-state index in [0.717, 1.165) is 38.5 Å². The molecule has 37 heavy (non-hydrogen) atoms. The number of hydrogen-bond donors (Lipinski definition) is 3. The second-order valence-corrected chi connectivity index (χ2v) is 8.38. The lowest BCUT2D eigenvalue weighted by Crippen LogP contribution is -2.43. The van der Waals surface area contributed by atoms with E-state index >= 15 is 0 Å². The van der Waals surface area contributed by atoms with Crippen LogP contribution in [0.25, 0.3) is 0 Å². The number of rotatable bonds is 6. The van der Waals surface area contributed by atoms with E-state index in [0.29, 0.717) is 12.1 Å². The molecule has 0 spiro atoms. The fourth-order valence-corrected chi connectivity index (χ4v) is 3.48. The molecular formula is C21H21F3N4O8S. The van der Waals surface area contributed by atoms with Crippen LogP contribution in [-0.2, 0) is 30.6 Å². The second-order valence-electron chi connectivity index (χ2n) is 6.84. The number of carbonyl (C=O) groups excluding carboxylic acids is 3. The molecule has 3 amide bonds. The minimum Gasteiger partial charge on any atom is -0.453 e. The summed E-state index contributed by atoms with van der Waals surface area (Å²) >= 11 is 0. The summed E-state index contributed by atoms with van der Waals surface area (Å²) in [5.74, 6) is -1.42. The van der Waals surface area contributed by atoms with Gasteiger partial charge in [-0.3, -0.25) is 15.4 Å². The molecule has 0 saturated heterocycles. The Morgan fingerprint density at radius 3 is 2.14 bits per heavy atom. The zero-order valence-electron chi connectivity index (χ0n) is 19.5. The largest absolute Gasteiger partial charge is 0.453 e. The third-order valence-corrected chi connectivity index (χ3v) is 5.51. The Hall–Kier alpha value is -4.34.